The van der Waals surface area contributed by atoms with Crippen molar-refractivity contribution in [2.24, 2.45) is 0 Å². The van der Waals surface area contributed by atoms with Crippen LogP contribution in [-0.2, 0) is 36.8 Å². The Hall–Kier alpha value is -3.83. The van der Waals surface area contributed by atoms with E-state index >= 15 is 0 Å². The lowest BCUT2D eigenvalue weighted by Gasteiger charge is -2.24. The molecule has 0 aliphatic carbocycles. The van der Waals surface area contributed by atoms with Gasteiger partial charge in [-0.1, -0.05) is 24.3 Å². The topological polar surface area (TPSA) is 133 Å². The zero-order chi connectivity index (χ0) is 28.4. The fourth-order valence-electron chi connectivity index (χ4n) is 4.58. The number of methoxy groups -OCH3 is 4. The monoisotopic (exact) mass is 544 g/mol. The first-order valence-electron chi connectivity index (χ1n) is 12.6. The molecule has 2 aromatic rings. The molecule has 0 spiro atoms. The van der Waals surface area contributed by atoms with Gasteiger partial charge in [-0.2, -0.15) is 0 Å². The van der Waals surface area contributed by atoms with Crippen molar-refractivity contribution < 1.29 is 43.2 Å². The third-order valence-corrected chi connectivity index (χ3v) is 6.55. The molecule has 11 heteroatoms. The predicted octanol–water partition coefficient (Wildman–Crippen LogP) is 2.88. The van der Waals surface area contributed by atoms with Gasteiger partial charge in [-0.15, -0.1) is 0 Å². The molecule has 0 radical (unpaired) electrons. The van der Waals surface area contributed by atoms with Crippen LogP contribution in [0, 0.1) is 0 Å². The van der Waals surface area contributed by atoms with Gasteiger partial charge in [0.25, 0.3) is 0 Å². The lowest BCUT2D eigenvalue weighted by molar-refractivity contribution is -0.145. The zero-order valence-electron chi connectivity index (χ0n) is 22.7. The molecule has 1 saturated heterocycles. The molecule has 2 amide bonds. The van der Waals surface area contributed by atoms with Crippen LogP contribution >= 0.6 is 0 Å². The number of benzene rings is 2. The van der Waals surface area contributed by atoms with Crippen LogP contribution in [0.4, 0.5) is 4.79 Å². The predicted molar refractivity (Wildman–Crippen MR) is 142 cm³/mol. The Balaban J connectivity index is 1.77. The third-order valence-electron chi connectivity index (χ3n) is 6.55. The van der Waals surface area contributed by atoms with E-state index in [2.05, 4.69) is 5.32 Å². The van der Waals surface area contributed by atoms with Gasteiger partial charge < -0.3 is 34.1 Å². The van der Waals surface area contributed by atoms with Crippen molar-refractivity contribution in [3.63, 3.8) is 0 Å². The third kappa shape index (κ3) is 7.61. The van der Waals surface area contributed by atoms with Crippen LogP contribution < -0.4 is 14.8 Å². The molecule has 0 aromatic heterocycles. The SMILES string of the molecule is COCCOCc1cc(OC)c(-c2ccc(CC(NC(=O)C3CCCN3C(=O)O)C(=O)OC)cc2)c(OC)c1. The van der Waals surface area contributed by atoms with E-state index in [1.165, 1.54) is 7.11 Å². The van der Waals surface area contributed by atoms with Crippen molar-refractivity contribution in [1.82, 2.24) is 10.2 Å². The molecule has 0 bridgehead atoms. The van der Waals surface area contributed by atoms with Crippen LogP contribution in [0.1, 0.15) is 24.0 Å². The van der Waals surface area contributed by atoms with Crippen molar-refractivity contribution in [3.05, 3.63) is 47.5 Å². The van der Waals surface area contributed by atoms with Gasteiger partial charge in [0.1, 0.15) is 23.6 Å². The largest absolute Gasteiger partial charge is 0.496 e. The Bertz CT molecular complexity index is 1110. The molecular formula is C28H36N2O9. The van der Waals surface area contributed by atoms with Crippen LogP contribution in [0.3, 0.4) is 0 Å². The zero-order valence-corrected chi connectivity index (χ0v) is 22.7. The van der Waals surface area contributed by atoms with Gasteiger partial charge in [-0.25, -0.2) is 9.59 Å². The van der Waals surface area contributed by atoms with Gasteiger partial charge in [0, 0.05) is 20.1 Å². The number of esters is 1. The number of likely N-dealkylation sites (tertiary alicyclic amines) is 1. The quantitative estimate of drug-likeness (QED) is 0.288. The number of hydrogen-bond acceptors (Lipinski definition) is 8. The molecule has 2 unspecified atom stereocenters. The first kappa shape index (κ1) is 29.7. The van der Waals surface area contributed by atoms with Crippen LogP contribution in [0.2, 0.25) is 0 Å². The highest BCUT2D eigenvalue weighted by atomic mass is 16.5. The second-order valence-electron chi connectivity index (χ2n) is 9.04. The average Bonchev–Trinajstić information content (AvgIpc) is 3.45. The molecule has 1 aliphatic heterocycles. The molecule has 212 valence electrons. The highest BCUT2D eigenvalue weighted by Gasteiger charge is 2.36. The summed E-state index contributed by atoms with van der Waals surface area (Å²) in [5, 5.41) is 12.0. The number of hydrogen-bond donors (Lipinski definition) is 2. The molecule has 39 heavy (non-hydrogen) atoms. The van der Waals surface area contributed by atoms with Crippen molar-refractivity contribution in [2.75, 3.05) is 48.2 Å². The smallest absolute Gasteiger partial charge is 0.407 e. The molecule has 1 heterocycles. The summed E-state index contributed by atoms with van der Waals surface area (Å²) < 4.78 is 26.8. The van der Waals surface area contributed by atoms with Crippen molar-refractivity contribution >= 4 is 18.0 Å². The van der Waals surface area contributed by atoms with Crippen LogP contribution in [0.15, 0.2) is 36.4 Å². The number of nitrogens with zero attached hydrogens (tertiary/aromatic N) is 1. The van der Waals surface area contributed by atoms with E-state index in [4.69, 9.17) is 23.7 Å². The summed E-state index contributed by atoms with van der Waals surface area (Å²) in [5.74, 6) is 0.111. The Morgan fingerprint density at radius 1 is 1.00 bits per heavy atom. The average molecular weight is 545 g/mol. The molecule has 1 fully saturated rings. The number of carboxylic acid groups (broad SMARTS) is 1. The summed E-state index contributed by atoms with van der Waals surface area (Å²) in [6, 6.07) is 9.44. The van der Waals surface area contributed by atoms with E-state index < -0.39 is 30.1 Å². The molecule has 3 rings (SSSR count). The lowest BCUT2D eigenvalue weighted by atomic mass is 9.98. The molecule has 0 saturated carbocycles. The van der Waals surface area contributed by atoms with Gasteiger partial charge in [-0.3, -0.25) is 9.69 Å². The normalized spacial score (nSPS) is 15.5. The summed E-state index contributed by atoms with van der Waals surface area (Å²) in [7, 11) is 6.03. The standard InChI is InChI=1S/C28H36N2O9/c1-35-12-13-39-17-19-15-23(36-2)25(24(16-19)37-3)20-9-7-18(8-10-20)14-21(27(32)38-4)29-26(31)22-6-5-11-30(22)28(33)34/h7-10,15-16,21-22H,5-6,11-14,17H2,1-4H3,(H,29,31)(H,33,34). The second kappa shape index (κ2) is 14.4. The maximum Gasteiger partial charge on any atom is 0.407 e. The summed E-state index contributed by atoms with van der Waals surface area (Å²) >= 11 is 0. The first-order chi connectivity index (χ1) is 18.8. The number of ether oxygens (including phenoxy) is 5. The van der Waals surface area contributed by atoms with Gasteiger partial charge in [-0.05, 0) is 41.7 Å². The van der Waals surface area contributed by atoms with Gasteiger partial charge in [0.15, 0.2) is 0 Å². The minimum absolute atomic E-state index is 0.171. The van der Waals surface area contributed by atoms with E-state index in [1.54, 1.807) is 21.3 Å². The molecule has 2 aromatic carbocycles. The number of amides is 2. The highest BCUT2D eigenvalue weighted by molar-refractivity contribution is 5.90. The van der Waals surface area contributed by atoms with Crippen LogP contribution in [0.5, 0.6) is 11.5 Å². The van der Waals surface area contributed by atoms with Gasteiger partial charge in [0.05, 0.1) is 46.7 Å². The fraction of sp³-hybridized carbons (Fsp3) is 0.464. The van der Waals surface area contributed by atoms with Crippen LogP contribution in [-0.4, -0.2) is 88.3 Å². The number of rotatable bonds is 13. The molecular weight excluding hydrogens is 508 g/mol. The second-order valence-corrected chi connectivity index (χ2v) is 9.04. The maximum atomic E-state index is 12.8. The number of nitrogens with one attached hydrogen (secondary N) is 1. The number of carbonyl (C=O) groups excluding carboxylic acids is 2. The van der Waals surface area contributed by atoms with E-state index in [-0.39, 0.29) is 13.0 Å². The van der Waals surface area contributed by atoms with Crippen molar-refractivity contribution in [2.45, 2.75) is 38.0 Å². The Morgan fingerprint density at radius 2 is 1.67 bits per heavy atom. The Kier molecular flexibility index (Phi) is 10.9. The lowest BCUT2D eigenvalue weighted by Crippen LogP contribution is -2.51. The summed E-state index contributed by atoms with van der Waals surface area (Å²) in [4.78, 5) is 37.8. The van der Waals surface area contributed by atoms with Gasteiger partial charge in [0.2, 0.25) is 5.91 Å². The summed E-state index contributed by atoms with van der Waals surface area (Å²) in [6.07, 6.45) is 0.00608. The maximum absolute atomic E-state index is 12.8. The molecule has 1 aliphatic rings. The Morgan fingerprint density at radius 3 is 2.23 bits per heavy atom. The van der Waals surface area contributed by atoms with E-state index in [9.17, 15) is 19.5 Å². The summed E-state index contributed by atoms with van der Waals surface area (Å²) in [5.41, 5.74) is 3.26. The Labute approximate surface area is 227 Å². The van der Waals surface area contributed by atoms with E-state index in [0.717, 1.165) is 27.2 Å². The van der Waals surface area contributed by atoms with Crippen molar-refractivity contribution in [1.29, 1.82) is 0 Å². The van der Waals surface area contributed by atoms with E-state index in [0.29, 0.717) is 44.2 Å². The van der Waals surface area contributed by atoms with E-state index in [1.807, 2.05) is 36.4 Å². The highest BCUT2D eigenvalue weighted by Crippen LogP contribution is 2.40. The minimum atomic E-state index is -1.16. The molecule has 11 nitrogen and oxygen atoms in total. The minimum Gasteiger partial charge on any atom is -0.496 e. The number of carbonyl (C=O) groups is 3. The summed E-state index contributed by atoms with van der Waals surface area (Å²) in [6.45, 7) is 1.63. The molecule has 2 N–H and O–H groups in total. The molecule has 2 atom stereocenters. The fourth-order valence-corrected chi connectivity index (χ4v) is 4.58. The van der Waals surface area contributed by atoms with Crippen LogP contribution in [0.25, 0.3) is 11.1 Å². The first-order valence-corrected chi connectivity index (χ1v) is 12.6. The van der Waals surface area contributed by atoms with Crippen molar-refractivity contribution in [3.8, 4) is 22.6 Å². The van der Waals surface area contributed by atoms with Gasteiger partial charge >= 0.3 is 12.1 Å².